The molecular weight excluding hydrogens is 274 g/mol. The second kappa shape index (κ2) is 5.79. The first-order chi connectivity index (χ1) is 6.91. The van der Waals surface area contributed by atoms with Crippen molar-refractivity contribution in [2.24, 2.45) is 5.73 Å². The Morgan fingerprint density at radius 1 is 1.38 bits per heavy atom. The Morgan fingerprint density at radius 3 is 2.44 bits per heavy atom. The van der Waals surface area contributed by atoms with Crippen molar-refractivity contribution >= 4 is 53.2 Å². The molecule has 0 bridgehead atoms. The second-order valence-electron chi connectivity index (χ2n) is 2.72. The van der Waals surface area contributed by atoms with Gasteiger partial charge < -0.3 is 11.5 Å². The van der Waals surface area contributed by atoms with E-state index in [0.29, 0.717) is 0 Å². The molecule has 0 aromatic heterocycles. The van der Waals surface area contributed by atoms with Crippen molar-refractivity contribution in [1.82, 2.24) is 5.32 Å². The van der Waals surface area contributed by atoms with E-state index in [1.54, 1.807) is 0 Å². The van der Waals surface area contributed by atoms with Gasteiger partial charge in [-0.15, -0.1) is 12.4 Å². The molecule has 6 N–H and O–H groups in total. The van der Waals surface area contributed by atoms with E-state index in [4.69, 9.17) is 40.1 Å². The average Bonchev–Trinajstić information content (AvgIpc) is 2.09. The number of benzene rings is 1. The maximum atomic E-state index is 11.5. The molecule has 1 aromatic rings. The summed E-state index contributed by atoms with van der Waals surface area (Å²) in [5.41, 5.74) is 10.7. The molecule has 0 saturated heterocycles. The lowest BCUT2D eigenvalue weighted by Gasteiger charge is -2.07. The summed E-state index contributed by atoms with van der Waals surface area (Å²) in [6.45, 7) is 0. The van der Waals surface area contributed by atoms with E-state index < -0.39 is 11.9 Å². The molecule has 0 saturated carbocycles. The largest absolute Gasteiger partial charge is 0.397 e. The Labute approximate surface area is 108 Å². The average molecular weight is 284 g/mol. The fourth-order valence-electron chi connectivity index (χ4n) is 0.962. The molecule has 8 heteroatoms. The molecule has 0 aliphatic rings. The number of hydrogen-bond acceptors (Lipinski definition) is 3. The Kier molecular flexibility index (Phi) is 5.37. The molecular formula is C8H9Cl3N4O. The topological polar surface area (TPSA) is 105 Å². The molecule has 16 heavy (non-hydrogen) atoms. The van der Waals surface area contributed by atoms with Crippen molar-refractivity contribution in [3.05, 3.63) is 27.7 Å². The molecule has 1 amide bonds. The fourth-order valence-corrected chi connectivity index (χ4v) is 1.46. The number of amides is 1. The number of rotatable bonds is 1. The minimum Gasteiger partial charge on any atom is -0.397 e. The second-order valence-corrected chi connectivity index (χ2v) is 3.56. The van der Waals surface area contributed by atoms with Crippen molar-refractivity contribution in [3.8, 4) is 0 Å². The molecule has 0 fully saturated rings. The number of nitrogens with one attached hydrogen (secondary N) is 2. The number of halogens is 3. The van der Waals surface area contributed by atoms with Gasteiger partial charge in [0.1, 0.15) is 0 Å². The lowest BCUT2D eigenvalue weighted by molar-refractivity contribution is 0.0977. The lowest BCUT2D eigenvalue weighted by atomic mass is 10.1. The van der Waals surface area contributed by atoms with E-state index >= 15 is 0 Å². The van der Waals surface area contributed by atoms with Crippen molar-refractivity contribution in [3.63, 3.8) is 0 Å². The van der Waals surface area contributed by atoms with E-state index in [-0.39, 0.29) is 33.7 Å². The van der Waals surface area contributed by atoms with Gasteiger partial charge in [0, 0.05) is 5.02 Å². The first-order valence-electron chi connectivity index (χ1n) is 3.81. The summed E-state index contributed by atoms with van der Waals surface area (Å²) in [5.74, 6) is -1.10. The number of anilines is 1. The van der Waals surface area contributed by atoms with E-state index in [9.17, 15) is 4.79 Å². The number of carbonyl (C=O) groups is 1. The van der Waals surface area contributed by atoms with Gasteiger partial charge in [0.25, 0.3) is 5.91 Å². The van der Waals surface area contributed by atoms with Crippen LogP contribution in [-0.2, 0) is 0 Å². The number of carbonyl (C=O) groups excluding carboxylic acids is 1. The van der Waals surface area contributed by atoms with Crippen LogP contribution in [0.1, 0.15) is 10.4 Å². The minimum atomic E-state index is -0.621. The van der Waals surface area contributed by atoms with Crippen molar-refractivity contribution < 1.29 is 4.79 Å². The standard InChI is InChI=1S/C8H8Cl2N4O.ClH/c9-3-1-4(6(11)5(10)2-3)7(15)14-8(12)13;/h1-2H,11H2,(H4,12,13,14,15);1H. The summed E-state index contributed by atoms with van der Waals surface area (Å²) in [4.78, 5) is 11.5. The Hall–Kier alpha value is -1.17. The normalized spacial score (nSPS) is 9.12. The van der Waals surface area contributed by atoms with Crippen LogP contribution < -0.4 is 16.8 Å². The predicted octanol–water partition coefficient (Wildman–Crippen LogP) is 1.62. The highest BCUT2D eigenvalue weighted by Gasteiger charge is 2.13. The summed E-state index contributed by atoms with van der Waals surface area (Å²) in [7, 11) is 0. The third-order valence-electron chi connectivity index (χ3n) is 1.59. The maximum Gasteiger partial charge on any atom is 0.260 e. The van der Waals surface area contributed by atoms with Gasteiger partial charge in [-0.2, -0.15) is 0 Å². The number of hydrogen-bond donors (Lipinski definition) is 4. The van der Waals surface area contributed by atoms with Crippen molar-refractivity contribution in [2.45, 2.75) is 0 Å². The van der Waals surface area contributed by atoms with Gasteiger partial charge >= 0.3 is 0 Å². The monoisotopic (exact) mass is 282 g/mol. The quantitative estimate of drug-likeness (QED) is 0.357. The molecule has 0 aliphatic carbocycles. The van der Waals surface area contributed by atoms with Gasteiger partial charge in [-0.25, -0.2) is 0 Å². The van der Waals surface area contributed by atoms with Crippen LogP contribution in [0.3, 0.4) is 0 Å². The van der Waals surface area contributed by atoms with Crippen LogP contribution in [0, 0.1) is 5.41 Å². The predicted molar refractivity (Wildman–Crippen MR) is 67.5 cm³/mol. The summed E-state index contributed by atoms with van der Waals surface area (Å²) < 4.78 is 0. The third kappa shape index (κ3) is 3.44. The molecule has 0 atom stereocenters. The number of guanidine groups is 1. The molecule has 0 unspecified atom stereocenters. The third-order valence-corrected chi connectivity index (χ3v) is 2.12. The zero-order valence-corrected chi connectivity index (χ0v) is 10.2. The van der Waals surface area contributed by atoms with Gasteiger partial charge in [0.2, 0.25) is 0 Å². The zero-order chi connectivity index (χ0) is 11.6. The van der Waals surface area contributed by atoms with E-state index in [1.165, 1.54) is 12.1 Å². The molecule has 1 aromatic carbocycles. The molecule has 0 radical (unpaired) electrons. The molecule has 1 rings (SSSR count). The highest BCUT2D eigenvalue weighted by atomic mass is 35.5. The maximum absolute atomic E-state index is 11.5. The van der Waals surface area contributed by atoms with E-state index in [0.717, 1.165) is 0 Å². The molecule has 0 aliphatic heterocycles. The van der Waals surface area contributed by atoms with Crippen LogP contribution in [-0.4, -0.2) is 11.9 Å². The molecule has 88 valence electrons. The van der Waals surface area contributed by atoms with Gasteiger partial charge in [0.05, 0.1) is 16.3 Å². The zero-order valence-electron chi connectivity index (χ0n) is 7.88. The molecule has 5 nitrogen and oxygen atoms in total. The van der Waals surface area contributed by atoms with Crippen LogP contribution in [0.15, 0.2) is 12.1 Å². The SMILES string of the molecule is Cl.N=C(N)NC(=O)c1cc(Cl)cc(Cl)c1N. The Balaban J connectivity index is 0.00000225. The van der Waals surface area contributed by atoms with Gasteiger partial charge in [0.15, 0.2) is 5.96 Å². The molecule has 0 heterocycles. The van der Waals surface area contributed by atoms with E-state index in [2.05, 4.69) is 5.32 Å². The van der Waals surface area contributed by atoms with Crippen LogP contribution in [0.25, 0.3) is 0 Å². The van der Waals surface area contributed by atoms with Crippen molar-refractivity contribution in [2.75, 3.05) is 5.73 Å². The highest BCUT2D eigenvalue weighted by Crippen LogP contribution is 2.27. The van der Waals surface area contributed by atoms with Crippen molar-refractivity contribution in [1.29, 1.82) is 5.41 Å². The van der Waals surface area contributed by atoms with Crippen LogP contribution in [0.5, 0.6) is 0 Å². The van der Waals surface area contributed by atoms with Gasteiger partial charge in [-0.05, 0) is 12.1 Å². The highest BCUT2D eigenvalue weighted by molar-refractivity contribution is 6.37. The summed E-state index contributed by atoms with van der Waals surface area (Å²) in [5, 5.41) is 9.43. The summed E-state index contributed by atoms with van der Waals surface area (Å²) >= 11 is 11.4. The first-order valence-corrected chi connectivity index (χ1v) is 4.57. The minimum absolute atomic E-state index is 0. The summed E-state index contributed by atoms with van der Waals surface area (Å²) in [6, 6.07) is 2.77. The number of nitrogens with two attached hydrogens (primary N) is 2. The summed E-state index contributed by atoms with van der Waals surface area (Å²) in [6.07, 6.45) is 0. The molecule has 0 spiro atoms. The lowest BCUT2D eigenvalue weighted by Crippen LogP contribution is -2.36. The number of nitrogen functional groups attached to an aromatic ring is 1. The van der Waals surface area contributed by atoms with E-state index in [1.807, 2.05) is 0 Å². The Morgan fingerprint density at radius 2 is 1.94 bits per heavy atom. The van der Waals surface area contributed by atoms with Crippen LogP contribution in [0.2, 0.25) is 10.0 Å². The Bertz CT molecular complexity index is 436. The first kappa shape index (κ1) is 14.8. The smallest absolute Gasteiger partial charge is 0.260 e. The van der Waals surface area contributed by atoms with Gasteiger partial charge in [-0.1, -0.05) is 23.2 Å². The van der Waals surface area contributed by atoms with Crippen LogP contribution in [0.4, 0.5) is 5.69 Å². The fraction of sp³-hybridized carbons (Fsp3) is 0. The van der Waals surface area contributed by atoms with Gasteiger partial charge in [-0.3, -0.25) is 15.5 Å². The van der Waals surface area contributed by atoms with Crippen LogP contribution >= 0.6 is 35.6 Å².